The first-order valence-corrected chi connectivity index (χ1v) is 14.4. The summed E-state index contributed by atoms with van der Waals surface area (Å²) >= 11 is 1.40. The van der Waals surface area contributed by atoms with E-state index in [2.05, 4.69) is 22.0 Å². The molecule has 0 aliphatic heterocycles. The number of hydrogen-bond acceptors (Lipinski definition) is 7. The van der Waals surface area contributed by atoms with Gasteiger partial charge >= 0.3 is 12.1 Å². The van der Waals surface area contributed by atoms with Gasteiger partial charge in [-0.15, -0.1) is 11.3 Å². The van der Waals surface area contributed by atoms with Gasteiger partial charge in [0.25, 0.3) is 0 Å². The van der Waals surface area contributed by atoms with Crippen molar-refractivity contribution in [1.29, 1.82) is 0 Å². The van der Waals surface area contributed by atoms with Crippen LogP contribution in [0.1, 0.15) is 81.2 Å². The van der Waals surface area contributed by atoms with Crippen LogP contribution in [0, 0.1) is 37.0 Å². The Hall–Kier alpha value is -2.88. The molecule has 3 aromatic heterocycles. The van der Waals surface area contributed by atoms with Crippen molar-refractivity contribution < 1.29 is 19.1 Å². The molecule has 3 aromatic rings. The highest BCUT2D eigenvalue weighted by Gasteiger charge is 2.51. The minimum atomic E-state index is -0.634. The highest BCUT2D eigenvalue weighted by atomic mass is 32.1. The number of anilines is 1. The summed E-state index contributed by atoms with van der Waals surface area (Å²) in [5.41, 5.74) is 3.10. The molecule has 1 N–H and O–H groups in total. The number of nitrogens with one attached hydrogen (secondary N) is 1. The molecular weight excluding hydrogens is 502 g/mol. The Morgan fingerprint density at radius 3 is 2.34 bits per heavy atom. The zero-order valence-corrected chi connectivity index (χ0v) is 23.9. The SMILES string of the molecule is COC(=O)c1c(-c2cnn(CC34CC5CC(CC(C5)C3)C4)c2C)sc2c(NC(=O)OC(C)(C)C)c(C)nn12. The van der Waals surface area contributed by atoms with Crippen molar-refractivity contribution in [3.63, 3.8) is 0 Å². The largest absolute Gasteiger partial charge is 0.464 e. The van der Waals surface area contributed by atoms with Gasteiger partial charge in [0.1, 0.15) is 16.1 Å². The summed E-state index contributed by atoms with van der Waals surface area (Å²) in [6.07, 6.45) is 9.48. The lowest BCUT2D eigenvalue weighted by Gasteiger charge is -2.56. The van der Waals surface area contributed by atoms with E-state index in [1.807, 2.05) is 27.0 Å². The predicted molar refractivity (Wildman–Crippen MR) is 146 cm³/mol. The molecule has 0 radical (unpaired) electrons. The topological polar surface area (TPSA) is 99.8 Å². The summed E-state index contributed by atoms with van der Waals surface area (Å²) in [6, 6.07) is 0. The van der Waals surface area contributed by atoms with Crippen LogP contribution in [0.15, 0.2) is 6.20 Å². The highest BCUT2D eigenvalue weighted by molar-refractivity contribution is 7.21. The normalized spacial score (nSPS) is 26.2. The van der Waals surface area contributed by atoms with Gasteiger partial charge in [-0.2, -0.15) is 10.2 Å². The Labute approximate surface area is 226 Å². The lowest BCUT2D eigenvalue weighted by molar-refractivity contribution is -0.0638. The van der Waals surface area contributed by atoms with Gasteiger partial charge in [-0.25, -0.2) is 14.1 Å². The molecule has 4 aliphatic carbocycles. The fraction of sp³-hybridized carbons (Fsp3) is 0.643. The molecule has 4 fully saturated rings. The summed E-state index contributed by atoms with van der Waals surface area (Å²) in [7, 11) is 1.37. The number of rotatable bonds is 5. The summed E-state index contributed by atoms with van der Waals surface area (Å²) in [5.74, 6) is 2.16. The van der Waals surface area contributed by atoms with Gasteiger partial charge in [0.2, 0.25) is 0 Å². The standard InChI is InChI=1S/C28H37N5O4S/c1-15-21(30-26(35)37-27(3,4)5)24-33(31-15)22(25(34)36-6)23(38-24)20-13-29-32(16(20)2)14-28-10-17-7-18(11-28)9-19(8-17)12-28/h13,17-19H,7-12,14H2,1-6H3,(H,30,35). The molecule has 0 unspecified atom stereocenters. The van der Waals surface area contributed by atoms with Crippen LogP contribution in [-0.2, 0) is 16.0 Å². The molecule has 0 atom stereocenters. The number of esters is 1. The Morgan fingerprint density at radius 2 is 1.76 bits per heavy atom. The molecular formula is C28H37N5O4S. The van der Waals surface area contributed by atoms with Crippen LogP contribution in [0.3, 0.4) is 0 Å². The van der Waals surface area contributed by atoms with E-state index in [1.54, 1.807) is 11.4 Å². The van der Waals surface area contributed by atoms with Crippen LogP contribution in [0.2, 0.25) is 0 Å². The number of aromatic nitrogens is 4. The maximum absolute atomic E-state index is 13.0. The molecule has 38 heavy (non-hydrogen) atoms. The molecule has 204 valence electrons. The number of hydrogen-bond donors (Lipinski definition) is 1. The molecule has 4 saturated carbocycles. The van der Waals surface area contributed by atoms with Gasteiger partial charge in [0.15, 0.2) is 5.69 Å². The molecule has 0 saturated heterocycles. The Bertz CT molecular complexity index is 1390. The number of fused-ring (bicyclic) bond motifs is 1. The molecule has 4 aliphatic rings. The van der Waals surface area contributed by atoms with Crippen LogP contribution in [0.5, 0.6) is 0 Å². The average molecular weight is 540 g/mol. The third-order valence-electron chi connectivity index (χ3n) is 8.65. The summed E-state index contributed by atoms with van der Waals surface area (Å²) in [5, 5.41) is 12.3. The first-order chi connectivity index (χ1) is 17.9. The zero-order chi connectivity index (χ0) is 27.0. The number of ether oxygens (including phenoxy) is 2. The smallest absolute Gasteiger partial charge is 0.412 e. The molecule has 0 aromatic carbocycles. The van der Waals surface area contributed by atoms with E-state index in [0.717, 1.165) is 40.4 Å². The minimum absolute atomic E-state index is 0.338. The highest BCUT2D eigenvalue weighted by Crippen LogP contribution is 2.60. The minimum Gasteiger partial charge on any atom is -0.464 e. The third-order valence-corrected chi connectivity index (χ3v) is 9.83. The van der Waals surface area contributed by atoms with Crippen LogP contribution in [0.25, 0.3) is 15.3 Å². The number of thiazole rings is 1. The van der Waals surface area contributed by atoms with E-state index in [0.29, 0.717) is 27.3 Å². The number of carbonyl (C=O) groups excluding carboxylic acids is 2. The first kappa shape index (κ1) is 25.4. The Kier molecular flexibility index (Phi) is 5.90. The van der Waals surface area contributed by atoms with Gasteiger partial charge in [-0.1, -0.05) is 0 Å². The van der Waals surface area contributed by atoms with E-state index in [1.165, 1.54) is 57.0 Å². The van der Waals surface area contributed by atoms with Gasteiger partial charge < -0.3 is 9.47 Å². The maximum Gasteiger partial charge on any atom is 0.412 e. The third kappa shape index (κ3) is 4.30. The number of carbonyl (C=O) groups is 2. The van der Waals surface area contributed by atoms with Crippen molar-refractivity contribution in [2.24, 2.45) is 23.2 Å². The zero-order valence-electron chi connectivity index (χ0n) is 23.1. The molecule has 3 heterocycles. The quantitative estimate of drug-likeness (QED) is 0.386. The van der Waals surface area contributed by atoms with E-state index in [-0.39, 0.29) is 0 Å². The van der Waals surface area contributed by atoms with Crippen molar-refractivity contribution >= 4 is 33.9 Å². The number of nitrogens with zero attached hydrogens (tertiary/aromatic N) is 4. The van der Waals surface area contributed by atoms with Crippen LogP contribution in [-0.4, -0.2) is 44.2 Å². The molecule has 10 heteroatoms. The second kappa shape index (κ2) is 8.83. The van der Waals surface area contributed by atoms with Crippen molar-refractivity contribution in [3.8, 4) is 10.4 Å². The fourth-order valence-electron chi connectivity index (χ4n) is 7.63. The molecule has 0 spiro atoms. The Balaban J connectivity index is 1.36. The van der Waals surface area contributed by atoms with Crippen LogP contribution >= 0.6 is 11.3 Å². The van der Waals surface area contributed by atoms with Crippen molar-refractivity contribution in [2.45, 2.75) is 85.3 Å². The van der Waals surface area contributed by atoms with Crippen molar-refractivity contribution in [2.75, 3.05) is 12.4 Å². The monoisotopic (exact) mass is 539 g/mol. The Morgan fingerprint density at radius 1 is 1.13 bits per heavy atom. The van der Waals surface area contributed by atoms with Crippen molar-refractivity contribution in [1.82, 2.24) is 19.4 Å². The molecule has 9 nitrogen and oxygen atoms in total. The fourth-order valence-corrected chi connectivity index (χ4v) is 8.92. The number of methoxy groups -OCH3 is 1. The van der Waals surface area contributed by atoms with Gasteiger partial charge in [-0.3, -0.25) is 10.00 Å². The second-order valence-corrected chi connectivity index (χ2v) is 13.8. The summed E-state index contributed by atoms with van der Waals surface area (Å²) in [4.78, 5) is 27.0. The lowest BCUT2D eigenvalue weighted by Crippen LogP contribution is -2.48. The number of aryl methyl sites for hydroxylation is 1. The van der Waals surface area contributed by atoms with Gasteiger partial charge in [0, 0.05) is 17.8 Å². The number of amides is 1. The predicted octanol–water partition coefficient (Wildman–Crippen LogP) is 6.23. The first-order valence-electron chi connectivity index (χ1n) is 13.6. The van der Waals surface area contributed by atoms with E-state index in [4.69, 9.17) is 14.6 Å². The van der Waals surface area contributed by atoms with Crippen molar-refractivity contribution in [3.05, 3.63) is 23.3 Å². The van der Waals surface area contributed by atoms with E-state index in [9.17, 15) is 9.59 Å². The summed E-state index contributed by atoms with van der Waals surface area (Å²) < 4.78 is 14.3. The van der Waals surface area contributed by atoms with Crippen LogP contribution < -0.4 is 5.32 Å². The summed E-state index contributed by atoms with van der Waals surface area (Å²) in [6.45, 7) is 10.3. The molecule has 1 amide bonds. The second-order valence-electron chi connectivity index (χ2n) is 12.8. The van der Waals surface area contributed by atoms with E-state index < -0.39 is 17.7 Å². The lowest BCUT2D eigenvalue weighted by atomic mass is 9.49. The van der Waals surface area contributed by atoms with Gasteiger partial charge in [-0.05, 0) is 96.3 Å². The van der Waals surface area contributed by atoms with E-state index >= 15 is 0 Å². The molecule has 7 rings (SSSR count). The maximum atomic E-state index is 13.0. The average Bonchev–Trinajstić information content (AvgIpc) is 3.43. The molecule has 4 bridgehead atoms. The van der Waals surface area contributed by atoms with Crippen LogP contribution in [0.4, 0.5) is 10.5 Å². The van der Waals surface area contributed by atoms with Gasteiger partial charge in [0.05, 0.1) is 23.9 Å².